The second-order valence-electron chi connectivity index (χ2n) is 7.23. The minimum absolute atomic E-state index is 0.350. The fourth-order valence-electron chi connectivity index (χ4n) is 4.25. The largest absolute Gasteiger partial charge is 0.497 e. The van der Waals surface area contributed by atoms with Crippen LogP contribution in [-0.4, -0.2) is 28.9 Å². The summed E-state index contributed by atoms with van der Waals surface area (Å²) in [4.78, 5) is 26.3. The van der Waals surface area contributed by atoms with Gasteiger partial charge < -0.3 is 4.74 Å². The average molecular weight is 395 g/mol. The summed E-state index contributed by atoms with van der Waals surface area (Å²) >= 11 is 0. The van der Waals surface area contributed by atoms with Gasteiger partial charge >= 0.3 is 0 Å². The molecule has 6 nitrogen and oxygen atoms in total. The van der Waals surface area contributed by atoms with Crippen LogP contribution in [0, 0.1) is 11.3 Å². The molecule has 146 valence electrons. The van der Waals surface area contributed by atoms with E-state index in [1.54, 1.807) is 48.5 Å². The number of methoxy groups -OCH3 is 1. The zero-order chi connectivity index (χ0) is 20.9. The Kier molecular flexibility index (Phi) is 3.95. The van der Waals surface area contributed by atoms with Gasteiger partial charge in [0.25, 0.3) is 11.8 Å². The highest BCUT2D eigenvalue weighted by molar-refractivity contribution is 6.21. The number of nitrogens with zero attached hydrogens (tertiary/aromatic N) is 3. The van der Waals surface area contributed by atoms with Crippen LogP contribution in [-0.2, 0) is 5.54 Å². The number of benzene rings is 3. The Morgan fingerprint density at radius 2 is 1.43 bits per heavy atom. The van der Waals surface area contributed by atoms with E-state index in [1.165, 1.54) is 0 Å². The van der Waals surface area contributed by atoms with E-state index in [4.69, 9.17) is 4.74 Å². The first-order chi connectivity index (χ1) is 14.6. The molecule has 3 aromatic rings. The topological polar surface area (TPSA) is 73.4 Å². The van der Waals surface area contributed by atoms with Gasteiger partial charge in [0.2, 0.25) is 0 Å². The lowest BCUT2D eigenvalue weighted by molar-refractivity contribution is 0.0314. The quantitative estimate of drug-likeness (QED) is 0.498. The lowest BCUT2D eigenvalue weighted by Crippen LogP contribution is -2.38. The smallest absolute Gasteiger partial charge is 0.276 e. The molecule has 3 atom stereocenters. The number of hydrogen-bond donors (Lipinski definition) is 0. The minimum atomic E-state index is -1.16. The van der Waals surface area contributed by atoms with E-state index in [2.05, 4.69) is 6.07 Å². The maximum atomic E-state index is 13.1. The highest BCUT2D eigenvalue weighted by Gasteiger charge is 2.71. The number of hydrazine groups is 1. The third-order valence-corrected chi connectivity index (χ3v) is 5.74. The normalized spacial score (nSPS) is 24.3. The van der Waals surface area contributed by atoms with E-state index in [0.29, 0.717) is 16.9 Å². The van der Waals surface area contributed by atoms with Gasteiger partial charge in [0.15, 0.2) is 5.54 Å². The molecule has 0 aliphatic carbocycles. The van der Waals surface area contributed by atoms with Crippen molar-refractivity contribution >= 4 is 11.8 Å². The fourth-order valence-corrected chi connectivity index (χ4v) is 4.25. The molecule has 2 aliphatic rings. The monoisotopic (exact) mass is 395 g/mol. The Labute approximate surface area is 173 Å². The van der Waals surface area contributed by atoms with E-state index in [-0.39, 0.29) is 0 Å². The third kappa shape index (κ3) is 2.33. The van der Waals surface area contributed by atoms with Crippen molar-refractivity contribution in [3.8, 4) is 11.8 Å². The molecule has 5 rings (SSSR count). The Morgan fingerprint density at radius 3 is 1.97 bits per heavy atom. The van der Waals surface area contributed by atoms with Gasteiger partial charge in [0.1, 0.15) is 5.75 Å². The summed E-state index contributed by atoms with van der Waals surface area (Å²) in [7, 11) is 1.58. The van der Waals surface area contributed by atoms with Crippen LogP contribution in [0.4, 0.5) is 0 Å². The molecule has 6 heteroatoms. The van der Waals surface area contributed by atoms with Crippen LogP contribution >= 0.6 is 0 Å². The first-order valence-electron chi connectivity index (χ1n) is 9.51. The van der Waals surface area contributed by atoms with E-state index in [9.17, 15) is 14.9 Å². The number of rotatable bonds is 4. The molecule has 0 aromatic heterocycles. The molecule has 0 radical (unpaired) electrons. The number of fused-ring (bicyclic) bond motifs is 1. The predicted octanol–water partition coefficient (Wildman–Crippen LogP) is 3.68. The molecule has 2 amide bonds. The van der Waals surface area contributed by atoms with Crippen LogP contribution < -0.4 is 4.74 Å². The van der Waals surface area contributed by atoms with E-state index in [1.807, 2.05) is 42.5 Å². The summed E-state index contributed by atoms with van der Waals surface area (Å²) in [5, 5.41) is 13.0. The van der Waals surface area contributed by atoms with E-state index < -0.39 is 23.4 Å². The summed E-state index contributed by atoms with van der Waals surface area (Å²) < 4.78 is 5.24. The van der Waals surface area contributed by atoms with Crippen LogP contribution in [0.5, 0.6) is 5.75 Å². The molecule has 0 saturated carbocycles. The number of imide groups is 1. The van der Waals surface area contributed by atoms with Crippen LogP contribution in [0.3, 0.4) is 0 Å². The number of amides is 2. The second-order valence-corrected chi connectivity index (χ2v) is 7.23. The summed E-state index contributed by atoms with van der Waals surface area (Å²) in [6.07, 6.45) is 0. The third-order valence-electron chi connectivity index (χ3n) is 5.74. The maximum Gasteiger partial charge on any atom is 0.276 e. The highest BCUT2D eigenvalue weighted by atomic mass is 16.5. The van der Waals surface area contributed by atoms with Crippen molar-refractivity contribution in [1.82, 2.24) is 10.0 Å². The lowest BCUT2D eigenvalue weighted by atomic mass is 9.93. The van der Waals surface area contributed by atoms with Crippen LogP contribution in [0.2, 0.25) is 0 Å². The molecule has 0 bridgehead atoms. The van der Waals surface area contributed by atoms with E-state index >= 15 is 0 Å². The van der Waals surface area contributed by atoms with Crippen molar-refractivity contribution in [3.63, 3.8) is 0 Å². The first-order valence-corrected chi connectivity index (χ1v) is 9.51. The van der Waals surface area contributed by atoms with Crippen LogP contribution in [0.25, 0.3) is 0 Å². The number of carbonyl (C=O) groups is 2. The molecule has 30 heavy (non-hydrogen) atoms. The standard InChI is InChI=1S/C24H17N3O3/c1-30-18-13-11-16(12-14-18)21-24(15-25,17-7-3-2-4-8-17)27(21)26-22(28)19-9-5-6-10-20(19)23(26)29/h2-14,21H,1H3/t21-,24-,27?/m0/s1. The Bertz CT molecular complexity index is 1170. The molecule has 2 heterocycles. The molecule has 2 aliphatic heterocycles. The molecule has 1 saturated heterocycles. The maximum absolute atomic E-state index is 13.1. The zero-order valence-corrected chi connectivity index (χ0v) is 16.1. The predicted molar refractivity (Wildman–Crippen MR) is 108 cm³/mol. The fraction of sp³-hybridized carbons (Fsp3) is 0.125. The van der Waals surface area contributed by atoms with Crippen molar-refractivity contribution in [2.45, 2.75) is 11.6 Å². The summed E-state index contributed by atoms with van der Waals surface area (Å²) in [6.45, 7) is 0. The van der Waals surface area contributed by atoms with E-state index in [0.717, 1.165) is 16.1 Å². The van der Waals surface area contributed by atoms with Gasteiger partial charge in [-0.25, -0.2) is 0 Å². The first kappa shape index (κ1) is 18.1. The van der Waals surface area contributed by atoms with Gasteiger partial charge in [0, 0.05) is 0 Å². The van der Waals surface area contributed by atoms with Crippen LogP contribution in [0.1, 0.15) is 37.9 Å². The number of carbonyl (C=O) groups excluding carboxylic acids is 2. The molecule has 0 N–H and O–H groups in total. The molecule has 1 unspecified atom stereocenters. The molecular formula is C24H17N3O3. The zero-order valence-electron chi connectivity index (χ0n) is 16.1. The number of ether oxygens (including phenoxy) is 1. The van der Waals surface area contributed by atoms with Gasteiger partial charge in [0.05, 0.1) is 30.3 Å². The van der Waals surface area contributed by atoms with Crippen molar-refractivity contribution < 1.29 is 14.3 Å². The number of nitriles is 1. The molecule has 1 fully saturated rings. The van der Waals surface area contributed by atoms with Crippen molar-refractivity contribution in [2.75, 3.05) is 7.11 Å². The molecule has 3 aromatic carbocycles. The minimum Gasteiger partial charge on any atom is -0.497 e. The van der Waals surface area contributed by atoms with Gasteiger partial charge in [-0.3, -0.25) is 9.59 Å². The summed E-state index contributed by atoms with van der Waals surface area (Å²) in [6, 6.07) is 25.2. The highest BCUT2D eigenvalue weighted by Crippen LogP contribution is 2.61. The molecular weight excluding hydrogens is 378 g/mol. The van der Waals surface area contributed by atoms with Gasteiger partial charge in [-0.05, 0) is 35.4 Å². The van der Waals surface area contributed by atoms with Crippen molar-refractivity contribution in [3.05, 3.63) is 101 Å². The Hall–Kier alpha value is -3.95. The Balaban J connectivity index is 1.64. The lowest BCUT2D eigenvalue weighted by Gasteiger charge is -2.18. The summed E-state index contributed by atoms with van der Waals surface area (Å²) in [5.41, 5.74) is 1.08. The van der Waals surface area contributed by atoms with Crippen LogP contribution in [0.15, 0.2) is 78.9 Å². The van der Waals surface area contributed by atoms with Crippen molar-refractivity contribution in [2.24, 2.45) is 0 Å². The van der Waals surface area contributed by atoms with Gasteiger partial charge in [-0.1, -0.05) is 54.6 Å². The van der Waals surface area contributed by atoms with Gasteiger partial charge in [-0.15, -0.1) is 0 Å². The molecule has 0 spiro atoms. The Morgan fingerprint density at radius 1 is 0.867 bits per heavy atom. The van der Waals surface area contributed by atoms with Crippen molar-refractivity contribution in [1.29, 1.82) is 5.26 Å². The average Bonchev–Trinajstić information content (AvgIpc) is 3.41. The second kappa shape index (κ2) is 6.55. The van der Waals surface area contributed by atoms with Gasteiger partial charge in [-0.2, -0.15) is 15.3 Å². The summed E-state index contributed by atoms with van der Waals surface area (Å²) in [5.74, 6) is -0.140. The number of hydrogen-bond acceptors (Lipinski definition) is 5. The SMILES string of the molecule is COc1ccc([C@@H]2N(N3C(=O)c4ccccc4C3=O)[C@@]2(C#N)c2ccccc2)cc1.